The molecule has 2 aromatic carbocycles. The van der Waals surface area contributed by atoms with Crippen molar-refractivity contribution in [2.75, 3.05) is 0 Å². The van der Waals surface area contributed by atoms with E-state index < -0.39 is 0 Å². The summed E-state index contributed by atoms with van der Waals surface area (Å²) in [7, 11) is 0. The topological polar surface area (TPSA) is 57.1 Å². The van der Waals surface area contributed by atoms with Gasteiger partial charge in [0.25, 0.3) is 0 Å². The van der Waals surface area contributed by atoms with Gasteiger partial charge >= 0.3 is 0 Å². The van der Waals surface area contributed by atoms with Gasteiger partial charge in [0.05, 0.1) is 11.2 Å². The Bertz CT molecular complexity index is 1360. The number of benzene rings is 2. The Morgan fingerprint density at radius 1 is 0.750 bits per heavy atom. The summed E-state index contributed by atoms with van der Waals surface area (Å²) >= 11 is 0. The van der Waals surface area contributed by atoms with Crippen LogP contribution in [0.15, 0.2) is 97.3 Å². The van der Waals surface area contributed by atoms with Crippen LogP contribution in [0.1, 0.15) is 11.3 Å². The number of rotatable bonds is 6. The fraction of sp³-hybridized carbons (Fsp3) is 0.0741. The molecule has 0 aliphatic heterocycles. The highest BCUT2D eigenvalue weighted by Crippen LogP contribution is 2.35. The molecule has 3 aromatic heterocycles. The van der Waals surface area contributed by atoms with Gasteiger partial charge in [-0.05, 0) is 61.0 Å². The second-order valence-corrected chi connectivity index (χ2v) is 7.38. The second-order valence-electron chi connectivity index (χ2n) is 7.38. The lowest BCUT2D eigenvalue weighted by atomic mass is 10.2. The van der Waals surface area contributed by atoms with Crippen molar-refractivity contribution in [3.63, 3.8) is 0 Å². The summed E-state index contributed by atoms with van der Waals surface area (Å²) in [6, 6.07) is 27.4. The van der Waals surface area contributed by atoms with Crippen LogP contribution in [0.2, 0.25) is 0 Å². The van der Waals surface area contributed by atoms with Crippen LogP contribution < -0.4 is 9.47 Å². The molecule has 0 aliphatic rings. The first-order valence-corrected chi connectivity index (χ1v) is 10.4. The smallest absolute Gasteiger partial charge is 0.155 e. The monoisotopic (exact) mass is 419 g/mol. The van der Waals surface area contributed by atoms with E-state index in [4.69, 9.17) is 9.47 Å². The number of nitrogens with zero attached hydrogens (tertiary/aromatic N) is 3. The molecular weight excluding hydrogens is 398 g/mol. The van der Waals surface area contributed by atoms with E-state index in [9.17, 15) is 0 Å². The third kappa shape index (κ3) is 4.27. The predicted molar refractivity (Wildman–Crippen MR) is 125 cm³/mol. The third-order valence-corrected chi connectivity index (χ3v) is 5.05. The highest BCUT2D eigenvalue weighted by molar-refractivity contribution is 5.86. The van der Waals surface area contributed by atoms with Crippen LogP contribution in [0.5, 0.6) is 17.2 Å². The lowest BCUT2D eigenvalue weighted by Crippen LogP contribution is -1.97. The fourth-order valence-corrected chi connectivity index (χ4v) is 3.45. The van der Waals surface area contributed by atoms with Crippen molar-refractivity contribution in [1.29, 1.82) is 0 Å². The van der Waals surface area contributed by atoms with E-state index in [0.717, 1.165) is 33.6 Å². The predicted octanol–water partition coefficient (Wildman–Crippen LogP) is 6.37. The Morgan fingerprint density at radius 2 is 1.62 bits per heavy atom. The molecule has 0 fully saturated rings. The van der Waals surface area contributed by atoms with Crippen LogP contribution in [0.4, 0.5) is 0 Å². The van der Waals surface area contributed by atoms with Crippen LogP contribution in [0.25, 0.3) is 22.3 Å². The molecule has 0 unspecified atom stereocenters. The van der Waals surface area contributed by atoms with Crippen LogP contribution in [-0.4, -0.2) is 15.0 Å². The molecule has 5 heteroatoms. The average Bonchev–Trinajstić information content (AvgIpc) is 2.85. The quantitative estimate of drug-likeness (QED) is 0.320. The first kappa shape index (κ1) is 19.7. The van der Waals surface area contributed by atoms with Gasteiger partial charge in [-0.15, -0.1) is 0 Å². The molecule has 32 heavy (non-hydrogen) atoms. The largest absolute Gasteiger partial charge is 0.489 e. The minimum absolute atomic E-state index is 0.495. The molecule has 0 spiro atoms. The highest BCUT2D eigenvalue weighted by atomic mass is 16.5. The minimum Gasteiger partial charge on any atom is -0.489 e. The molecular formula is C27H21N3O2. The SMILES string of the molecule is Cc1ccc(Oc2ccnc3ccc(OCc4ccccc4)cc23)c(-c2ccccn2)n1. The van der Waals surface area contributed by atoms with Crippen LogP contribution >= 0.6 is 0 Å². The zero-order chi connectivity index (χ0) is 21.8. The summed E-state index contributed by atoms with van der Waals surface area (Å²) in [5, 5.41) is 0.866. The molecule has 0 atom stereocenters. The summed E-state index contributed by atoms with van der Waals surface area (Å²) in [5.74, 6) is 2.08. The number of fused-ring (bicyclic) bond motifs is 1. The normalized spacial score (nSPS) is 10.8. The van der Waals surface area contributed by atoms with Gasteiger partial charge in [0.1, 0.15) is 23.8 Å². The standard InChI is InChI=1S/C27H21N3O2/c1-19-10-13-26(27(30-19)24-9-5-6-15-28-24)32-25-14-16-29-23-12-11-21(17-22(23)25)31-18-20-7-3-2-4-8-20/h2-17H,18H2,1H3. The Balaban J connectivity index is 1.48. The van der Waals surface area contributed by atoms with Gasteiger partial charge < -0.3 is 9.47 Å². The number of hydrogen-bond donors (Lipinski definition) is 0. The van der Waals surface area contributed by atoms with E-state index in [1.165, 1.54) is 0 Å². The fourth-order valence-electron chi connectivity index (χ4n) is 3.45. The van der Waals surface area contributed by atoms with Crippen molar-refractivity contribution in [2.45, 2.75) is 13.5 Å². The number of pyridine rings is 3. The van der Waals surface area contributed by atoms with Crippen molar-refractivity contribution in [2.24, 2.45) is 0 Å². The Labute approximate surface area is 186 Å². The molecule has 0 saturated carbocycles. The maximum absolute atomic E-state index is 6.35. The third-order valence-electron chi connectivity index (χ3n) is 5.05. The summed E-state index contributed by atoms with van der Waals surface area (Å²) in [6.07, 6.45) is 3.49. The Kier molecular flexibility index (Phi) is 5.45. The molecule has 3 heterocycles. The summed E-state index contributed by atoms with van der Waals surface area (Å²) in [6.45, 7) is 2.45. The molecule has 5 rings (SSSR count). The summed E-state index contributed by atoms with van der Waals surface area (Å²) in [5.41, 5.74) is 4.30. The van der Waals surface area contributed by atoms with Gasteiger partial charge in [-0.3, -0.25) is 9.97 Å². The first-order chi connectivity index (χ1) is 15.8. The van der Waals surface area contributed by atoms with Crippen molar-refractivity contribution >= 4 is 10.9 Å². The van der Waals surface area contributed by atoms with E-state index in [2.05, 4.69) is 15.0 Å². The second kappa shape index (κ2) is 8.86. The van der Waals surface area contributed by atoms with Gasteiger partial charge in [-0.25, -0.2) is 4.98 Å². The molecule has 0 bridgehead atoms. The molecule has 0 aliphatic carbocycles. The first-order valence-electron chi connectivity index (χ1n) is 10.4. The van der Waals surface area contributed by atoms with Crippen molar-refractivity contribution in [3.8, 4) is 28.6 Å². The average molecular weight is 419 g/mol. The van der Waals surface area contributed by atoms with Gasteiger partial charge in [-0.1, -0.05) is 36.4 Å². The maximum atomic E-state index is 6.35. The summed E-state index contributed by atoms with van der Waals surface area (Å²) < 4.78 is 12.4. The molecule has 0 radical (unpaired) electrons. The number of hydrogen-bond acceptors (Lipinski definition) is 5. The minimum atomic E-state index is 0.495. The van der Waals surface area contributed by atoms with Crippen LogP contribution in [0.3, 0.4) is 0 Å². The van der Waals surface area contributed by atoms with Gasteiger partial charge in [0.15, 0.2) is 5.75 Å². The van der Waals surface area contributed by atoms with Crippen molar-refractivity contribution < 1.29 is 9.47 Å². The molecule has 0 N–H and O–H groups in total. The van der Waals surface area contributed by atoms with Gasteiger partial charge in [-0.2, -0.15) is 0 Å². The number of aryl methyl sites for hydroxylation is 1. The van der Waals surface area contributed by atoms with Crippen molar-refractivity contribution in [1.82, 2.24) is 15.0 Å². The van der Waals surface area contributed by atoms with Gasteiger partial charge in [0, 0.05) is 23.5 Å². The molecule has 156 valence electrons. The van der Waals surface area contributed by atoms with Crippen LogP contribution in [0, 0.1) is 6.92 Å². The molecule has 0 saturated heterocycles. The van der Waals surface area contributed by atoms with E-state index in [-0.39, 0.29) is 0 Å². The van der Waals surface area contributed by atoms with Crippen molar-refractivity contribution in [3.05, 3.63) is 109 Å². The van der Waals surface area contributed by atoms with Gasteiger partial charge in [0.2, 0.25) is 0 Å². The van der Waals surface area contributed by atoms with Crippen LogP contribution in [-0.2, 0) is 6.61 Å². The van der Waals surface area contributed by atoms with E-state index >= 15 is 0 Å². The summed E-state index contributed by atoms with van der Waals surface area (Å²) in [4.78, 5) is 13.6. The Morgan fingerprint density at radius 3 is 2.47 bits per heavy atom. The lowest BCUT2D eigenvalue weighted by molar-refractivity contribution is 0.306. The van der Waals surface area contributed by atoms with E-state index in [1.54, 1.807) is 12.4 Å². The number of aromatic nitrogens is 3. The molecule has 5 nitrogen and oxygen atoms in total. The van der Waals surface area contributed by atoms with E-state index in [1.807, 2.05) is 91.9 Å². The highest BCUT2D eigenvalue weighted by Gasteiger charge is 2.13. The molecule has 0 amide bonds. The van der Waals surface area contributed by atoms with E-state index in [0.29, 0.717) is 23.8 Å². The zero-order valence-corrected chi connectivity index (χ0v) is 17.6. The lowest BCUT2D eigenvalue weighted by Gasteiger charge is -2.13. The zero-order valence-electron chi connectivity index (χ0n) is 17.6. The maximum Gasteiger partial charge on any atom is 0.155 e. The molecule has 5 aromatic rings. The Hall–Kier alpha value is -4.25. The number of ether oxygens (including phenoxy) is 2.